The number of nitrogens with zero attached hydrogens (tertiary/aromatic N) is 4. The van der Waals surface area contributed by atoms with Gasteiger partial charge in [0, 0.05) is 24.0 Å². The van der Waals surface area contributed by atoms with Gasteiger partial charge >= 0.3 is 0 Å². The van der Waals surface area contributed by atoms with E-state index >= 15 is 0 Å². The maximum absolute atomic E-state index is 14.4. The van der Waals surface area contributed by atoms with E-state index in [1.807, 2.05) is 11.0 Å². The van der Waals surface area contributed by atoms with Crippen LogP contribution in [0.25, 0.3) is 5.65 Å². The number of amides is 1. The Kier molecular flexibility index (Phi) is 4.12. The van der Waals surface area contributed by atoms with Crippen LogP contribution in [0.15, 0.2) is 60.6 Å². The highest BCUT2D eigenvalue weighted by molar-refractivity contribution is 6.01. The monoisotopic (exact) mass is 393 g/mol. The zero-order valence-electron chi connectivity index (χ0n) is 15.3. The summed E-state index contributed by atoms with van der Waals surface area (Å²) in [5.41, 5.74) is 1.81. The zero-order chi connectivity index (χ0) is 20.0. The SMILES string of the molecule is O=C(NC1=CC=C1)c1cnn2ccc(N3CCCC3c3cc(F)ccc3F)nc12. The van der Waals surface area contributed by atoms with Gasteiger partial charge < -0.3 is 10.2 Å². The van der Waals surface area contributed by atoms with Crippen LogP contribution < -0.4 is 10.2 Å². The molecule has 29 heavy (non-hydrogen) atoms. The molecule has 1 aromatic carbocycles. The Labute approximate surface area is 165 Å². The molecule has 1 atom stereocenters. The fourth-order valence-corrected chi connectivity index (χ4v) is 3.79. The normalized spacial score (nSPS) is 18.1. The van der Waals surface area contributed by atoms with Crippen LogP contribution in [-0.4, -0.2) is 27.0 Å². The van der Waals surface area contributed by atoms with Crippen LogP contribution in [0.1, 0.15) is 34.8 Å². The summed E-state index contributed by atoms with van der Waals surface area (Å²) >= 11 is 0. The van der Waals surface area contributed by atoms with Gasteiger partial charge in [0.2, 0.25) is 0 Å². The smallest absolute Gasteiger partial charge is 0.261 e. The largest absolute Gasteiger partial charge is 0.349 e. The van der Waals surface area contributed by atoms with Crippen molar-refractivity contribution < 1.29 is 13.6 Å². The van der Waals surface area contributed by atoms with E-state index in [4.69, 9.17) is 0 Å². The molecule has 5 rings (SSSR count). The minimum atomic E-state index is -0.467. The molecular weight excluding hydrogens is 376 g/mol. The Bertz CT molecular complexity index is 1180. The summed E-state index contributed by atoms with van der Waals surface area (Å²) in [7, 11) is 0. The molecule has 0 bridgehead atoms. The van der Waals surface area contributed by atoms with Crippen molar-refractivity contribution >= 4 is 17.4 Å². The average molecular weight is 393 g/mol. The number of hydrogen-bond donors (Lipinski definition) is 1. The number of hydrogen-bond acceptors (Lipinski definition) is 4. The number of carbonyl (C=O) groups excluding carboxylic acids is 1. The third kappa shape index (κ3) is 3.06. The summed E-state index contributed by atoms with van der Waals surface area (Å²) in [4.78, 5) is 19.1. The topological polar surface area (TPSA) is 62.5 Å². The summed E-state index contributed by atoms with van der Waals surface area (Å²) in [5.74, 6) is -0.600. The molecule has 1 unspecified atom stereocenters. The van der Waals surface area contributed by atoms with Crippen LogP contribution in [0, 0.1) is 11.6 Å². The highest BCUT2D eigenvalue weighted by Gasteiger charge is 2.30. The van der Waals surface area contributed by atoms with Gasteiger partial charge in [0.25, 0.3) is 5.91 Å². The molecule has 1 fully saturated rings. The lowest BCUT2D eigenvalue weighted by Crippen LogP contribution is -2.25. The first-order chi connectivity index (χ1) is 14.1. The van der Waals surface area contributed by atoms with E-state index in [-0.39, 0.29) is 11.9 Å². The number of fused-ring (bicyclic) bond motifs is 1. The molecule has 0 spiro atoms. The first-order valence-electron chi connectivity index (χ1n) is 9.36. The number of carbonyl (C=O) groups is 1. The van der Waals surface area contributed by atoms with Crippen molar-refractivity contribution in [3.8, 4) is 0 Å². The highest BCUT2D eigenvalue weighted by Crippen LogP contribution is 2.36. The standard InChI is InChI=1S/C21H17F2N5O/c22-13-6-7-17(23)15(11-13)18-5-2-9-27(18)19-8-10-28-20(26-19)16(12-24-28)21(29)25-14-3-1-4-14/h1,3-4,6-8,10-12,18H,2,5,9H2,(H,25,29). The van der Waals surface area contributed by atoms with Crippen LogP contribution in [0.4, 0.5) is 14.6 Å². The number of anilines is 1. The number of aromatic nitrogens is 3. The molecule has 3 heterocycles. The van der Waals surface area contributed by atoms with Crippen LogP contribution in [0.3, 0.4) is 0 Å². The van der Waals surface area contributed by atoms with Gasteiger partial charge in [-0.15, -0.1) is 0 Å². The maximum atomic E-state index is 14.4. The van der Waals surface area contributed by atoms with Crippen LogP contribution in [0.2, 0.25) is 0 Å². The lowest BCUT2D eigenvalue weighted by atomic mass is 10.0. The molecule has 1 aliphatic heterocycles. The van der Waals surface area contributed by atoms with E-state index in [2.05, 4.69) is 15.4 Å². The molecule has 1 amide bonds. The first-order valence-corrected chi connectivity index (χ1v) is 9.36. The molecule has 1 saturated heterocycles. The van der Waals surface area contributed by atoms with Crippen LogP contribution in [-0.2, 0) is 0 Å². The second kappa shape index (κ2) is 6.80. The number of rotatable bonds is 4. The number of halogens is 2. The van der Waals surface area contributed by atoms with Crippen molar-refractivity contribution in [3.63, 3.8) is 0 Å². The summed E-state index contributed by atoms with van der Waals surface area (Å²) < 4.78 is 29.6. The Morgan fingerprint density at radius 3 is 2.90 bits per heavy atom. The van der Waals surface area contributed by atoms with Crippen LogP contribution in [0.5, 0.6) is 0 Å². The predicted molar refractivity (Wildman–Crippen MR) is 103 cm³/mol. The van der Waals surface area contributed by atoms with Gasteiger partial charge in [0.1, 0.15) is 23.0 Å². The highest BCUT2D eigenvalue weighted by atomic mass is 19.1. The molecule has 1 N–H and O–H groups in total. The van der Waals surface area contributed by atoms with Gasteiger partial charge in [-0.2, -0.15) is 5.10 Å². The fraction of sp³-hybridized carbons (Fsp3) is 0.190. The minimum Gasteiger partial charge on any atom is -0.349 e. The predicted octanol–water partition coefficient (Wildman–Crippen LogP) is 3.53. The fourth-order valence-electron chi connectivity index (χ4n) is 3.79. The van der Waals surface area contributed by atoms with Crippen molar-refractivity contribution in [1.29, 1.82) is 0 Å². The van der Waals surface area contributed by atoms with Gasteiger partial charge in [0.15, 0.2) is 5.65 Å². The summed E-state index contributed by atoms with van der Waals surface area (Å²) in [5, 5.41) is 6.97. The Balaban J connectivity index is 1.50. The Morgan fingerprint density at radius 2 is 2.10 bits per heavy atom. The molecule has 1 aliphatic carbocycles. The Hall–Kier alpha value is -3.55. The summed E-state index contributed by atoms with van der Waals surface area (Å²) in [6.45, 7) is 0.664. The third-order valence-electron chi connectivity index (χ3n) is 5.27. The summed E-state index contributed by atoms with van der Waals surface area (Å²) in [6, 6.07) is 4.97. The Morgan fingerprint density at radius 1 is 1.24 bits per heavy atom. The molecule has 0 radical (unpaired) electrons. The van der Waals surface area contributed by atoms with Crippen LogP contribution >= 0.6 is 0 Å². The second-order valence-corrected chi connectivity index (χ2v) is 7.06. The maximum Gasteiger partial charge on any atom is 0.261 e. The third-order valence-corrected chi connectivity index (χ3v) is 5.27. The zero-order valence-corrected chi connectivity index (χ0v) is 15.3. The number of allylic oxidation sites excluding steroid dienone is 3. The number of nitrogens with one attached hydrogen (secondary N) is 1. The van der Waals surface area contributed by atoms with E-state index in [1.54, 1.807) is 24.4 Å². The number of benzene rings is 1. The van der Waals surface area contributed by atoms with Crippen molar-refractivity contribution in [1.82, 2.24) is 19.9 Å². The van der Waals surface area contributed by atoms with Gasteiger partial charge in [-0.25, -0.2) is 18.3 Å². The average Bonchev–Trinajstić information content (AvgIpc) is 3.33. The van der Waals surface area contributed by atoms with E-state index in [0.717, 1.165) is 24.3 Å². The van der Waals surface area contributed by atoms with Crippen molar-refractivity contribution in [2.45, 2.75) is 18.9 Å². The van der Waals surface area contributed by atoms with Crippen molar-refractivity contribution in [2.75, 3.05) is 11.4 Å². The molecule has 6 nitrogen and oxygen atoms in total. The van der Waals surface area contributed by atoms with E-state index in [1.165, 1.54) is 16.8 Å². The summed E-state index contributed by atoms with van der Waals surface area (Å²) in [6.07, 6.45) is 10.1. The molecular formula is C21H17F2N5O. The molecule has 2 aliphatic rings. The van der Waals surface area contributed by atoms with Gasteiger partial charge in [-0.05, 0) is 49.3 Å². The van der Waals surface area contributed by atoms with E-state index in [9.17, 15) is 13.6 Å². The first kappa shape index (κ1) is 17.5. The lowest BCUT2D eigenvalue weighted by Gasteiger charge is -2.26. The van der Waals surface area contributed by atoms with Crippen molar-refractivity contribution in [2.24, 2.45) is 0 Å². The lowest BCUT2D eigenvalue weighted by molar-refractivity contribution is 0.0968. The van der Waals surface area contributed by atoms with E-state index in [0.29, 0.717) is 35.6 Å². The molecule has 3 aromatic rings. The van der Waals surface area contributed by atoms with Crippen molar-refractivity contribution in [3.05, 3.63) is 83.3 Å². The van der Waals surface area contributed by atoms with Gasteiger partial charge in [-0.1, -0.05) is 6.08 Å². The minimum absolute atomic E-state index is 0.297. The second-order valence-electron chi connectivity index (χ2n) is 7.06. The molecule has 2 aromatic heterocycles. The van der Waals surface area contributed by atoms with E-state index < -0.39 is 11.6 Å². The molecule has 146 valence electrons. The molecule has 8 heteroatoms. The quantitative estimate of drug-likeness (QED) is 0.737. The van der Waals surface area contributed by atoms with Gasteiger partial charge in [-0.3, -0.25) is 4.79 Å². The molecule has 0 saturated carbocycles. The van der Waals surface area contributed by atoms with Gasteiger partial charge in [0.05, 0.1) is 12.2 Å².